The van der Waals surface area contributed by atoms with E-state index in [0.717, 1.165) is 24.2 Å². The third kappa shape index (κ3) is 6.29. The van der Waals surface area contributed by atoms with Crippen molar-refractivity contribution in [1.82, 2.24) is 5.32 Å². The summed E-state index contributed by atoms with van der Waals surface area (Å²) in [5.74, 6) is 0.868. The van der Waals surface area contributed by atoms with Crippen LogP contribution in [0.3, 0.4) is 0 Å². The predicted molar refractivity (Wildman–Crippen MR) is 98.2 cm³/mol. The standard InChI is InChI=1S/C16H26N2S.C2H6/c1-3-8-14(4-2)15-12-18-16(19-15)17-11-13-9-6-5-7-10-13;1-2/h3-4,8,13,15H,5-7,9-12H2,1-2H3,(H,17,18);1-2H3/b8-3-,14-4+;. The lowest BCUT2D eigenvalue weighted by atomic mass is 9.89. The van der Waals surface area contributed by atoms with Gasteiger partial charge in [-0.3, -0.25) is 4.99 Å². The minimum atomic E-state index is 0.509. The minimum Gasteiger partial charge on any atom is -0.365 e. The fourth-order valence-corrected chi connectivity index (χ4v) is 3.94. The SMILES string of the molecule is C/C=C\C(=C/C)C1CN=C(NCC2CCCCC2)S1.CC. The van der Waals surface area contributed by atoms with Crippen LogP contribution in [0.2, 0.25) is 0 Å². The Morgan fingerprint density at radius 2 is 1.95 bits per heavy atom. The van der Waals surface area contributed by atoms with Gasteiger partial charge in [0.15, 0.2) is 5.17 Å². The van der Waals surface area contributed by atoms with Gasteiger partial charge >= 0.3 is 0 Å². The molecule has 3 heteroatoms. The zero-order valence-electron chi connectivity index (χ0n) is 14.2. The van der Waals surface area contributed by atoms with E-state index in [2.05, 4.69) is 42.4 Å². The van der Waals surface area contributed by atoms with Crippen LogP contribution >= 0.6 is 11.8 Å². The Morgan fingerprint density at radius 1 is 1.24 bits per heavy atom. The van der Waals surface area contributed by atoms with Crippen molar-refractivity contribution in [2.75, 3.05) is 13.1 Å². The molecular weight excluding hydrogens is 276 g/mol. The highest BCUT2D eigenvalue weighted by Gasteiger charge is 2.22. The molecule has 1 aliphatic carbocycles. The Morgan fingerprint density at radius 3 is 2.57 bits per heavy atom. The van der Waals surface area contributed by atoms with E-state index in [1.54, 1.807) is 0 Å². The molecule has 0 spiro atoms. The molecule has 1 N–H and O–H groups in total. The molecule has 0 aromatic heterocycles. The quantitative estimate of drug-likeness (QED) is 0.724. The monoisotopic (exact) mass is 308 g/mol. The van der Waals surface area contributed by atoms with E-state index in [0.29, 0.717) is 5.25 Å². The van der Waals surface area contributed by atoms with Gasteiger partial charge in [0.2, 0.25) is 0 Å². The lowest BCUT2D eigenvalue weighted by Crippen LogP contribution is -2.27. The Labute approximate surface area is 135 Å². The predicted octanol–water partition coefficient (Wildman–Crippen LogP) is 5.18. The van der Waals surface area contributed by atoms with Gasteiger partial charge in [0.1, 0.15) is 0 Å². The number of hydrogen-bond acceptors (Lipinski definition) is 3. The van der Waals surface area contributed by atoms with Crippen molar-refractivity contribution in [3.63, 3.8) is 0 Å². The Bertz CT molecular complexity index is 365. The van der Waals surface area contributed by atoms with Gasteiger partial charge in [-0.25, -0.2) is 0 Å². The Balaban J connectivity index is 0.00000106. The Hall–Kier alpha value is -0.700. The fourth-order valence-electron chi connectivity index (χ4n) is 2.85. The van der Waals surface area contributed by atoms with Gasteiger partial charge in [0, 0.05) is 6.54 Å². The minimum absolute atomic E-state index is 0.509. The first-order valence-corrected chi connectivity index (χ1v) is 9.45. The van der Waals surface area contributed by atoms with Gasteiger partial charge in [0.25, 0.3) is 0 Å². The van der Waals surface area contributed by atoms with Gasteiger partial charge < -0.3 is 5.32 Å². The fraction of sp³-hybridized carbons (Fsp3) is 0.722. The van der Waals surface area contributed by atoms with Gasteiger partial charge in [-0.05, 0) is 38.2 Å². The number of aliphatic imine (C=N–C) groups is 1. The van der Waals surface area contributed by atoms with Crippen molar-refractivity contribution in [2.24, 2.45) is 10.9 Å². The summed E-state index contributed by atoms with van der Waals surface area (Å²) >= 11 is 1.89. The van der Waals surface area contributed by atoms with Crippen LogP contribution in [0.5, 0.6) is 0 Å². The zero-order valence-corrected chi connectivity index (χ0v) is 15.0. The summed E-state index contributed by atoms with van der Waals surface area (Å²) in [6, 6.07) is 0. The van der Waals surface area contributed by atoms with Crippen molar-refractivity contribution >= 4 is 16.9 Å². The van der Waals surface area contributed by atoms with Crippen LogP contribution in [0.1, 0.15) is 59.8 Å². The van der Waals surface area contributed by atoms with Crippen molar-refractivity contribution in [3.05, 3.63) is 23.8 Å². The molecule has 1 heterocycles. The van der Waals surface area contributed by atoms with E-state index in [1.165, 1.54) is 37.7 Å². The number of allylic oxidation sites excluding steroid dienone is 3. The van der Waals surface area contributed by atoms with Gasteiger partial charge in [0.05, 0.1) is 11.8 Å². The normalized spacial score (nSPS) is 23.7. The number of hydrogen-bond donors (Lipinski definition) is 1. The maximum atomic E-state index is 4.65. The van der Waals surface area contributed by atoms with E-state index in [9.17, 15) is 0 Å². The van der Waals surface area contributed by atoms with Crippen LogP contribution in [-0.4, -0.2) is 23.5 Å². The highest BCUT2D eigenvalue weighted by atomic mass is 32.2. The van der Waals surface area contributed by atoms with E-state index in [1.807, 2.05) is 25.6 Å². The molecule has 1 unspecified atom stereocenters. The number of thioether (sulfide) groups is 1. The molecule has 1 atom stereocenters. The first-order valence-electron chi connectivity index (χ1n) is 8.57. The number of nitrogens with one attached hydrogen (secondary N) is 1. The number of nitrogens with zero attached hydrogens (tertiary/aromatic N) is 1. The summed E-state index contributed by atoms with van der Waals surface area (Å²) in [5, 5.41) is 5.23. The lowest BCUT2D eigenvalue weighted by molar-refractivity contribution is 0.357. The van der Waals surface area contributed by atoms with Crippen molar-refractivity contribution < 1.29 is 0 Å². The summed E-state index contributed by atoms with van der Waals surface area (Å²) in [6.45, 7) is 10.2. The molecule has 0 radical (unpaired) electrons. The average Bonchev–Trinajstić information content (AvgIpc) is 3.02. The number of amidine groups is 1. The molecular formula is C18H32N2S. The summed E-state index contributed by atoms with van der Waals surface area (Å²) in [5.41, 5.74) is 1.39. The maximum absolute atomic E-state index is 4.65. The van der Waals surface area contributed by atoms with Crippen LogP contribution in [0.4, 0.5) is 0 Å². The molecule has 0 aromatic carbocycles. The number of rotatable bonds is 4. The van der Waals surface area contributed by atoms with Crippen LogP contribution < -0.4 is 5.32 Å². The van der Waals surface area contributed by atoms with E-state index < -0.39 is 0 Å². The third-order valence-electron chi connectivity index (χ3n) is 3.99. The summed E-state index contributed by atoms with van der Waals surface area (Å²) in [7, 11) is 0. The summed E-state index contributed by atoms with van der Waals surface area (Å²) in [6.07, 6.45) is 13.6. The van der Waals surface area contributed by atoms with Crippen molar-refractivity contribution in [3.8, 4) is 0 Å². The first-order chi connectivity index (χ1) is 10.3. The van der Waals surface area contributed by atoms with Crippen LogP contribution in [0.25, 0.3) is 0 Å². The molecule has 0 aromatic rings. The molecule has 1 aliphatic heterocycles. The molecule has 1 fully saturated rings. The summed E-state index contributed by atoms with van der Waals surface area (Å²) < 4.78 is 0. The molecule has 0 bridgehead atoms. The van der Waals surface area contributed by atoms with Crippen LogP contribution in [0.15, 0.2) is 28.8 Å². The Kier molecular flexibility index (Phi) is 9.56. The second kappa shape index (κ2) is 10.9. The van der Waals surface area contributed by atoms with E-state index in [-0.39, 0.29) is 0 Å². The first kappa shape index (κ1) is 18.3. The average molecular weight is 309 g/mol. The van der Waals surface area contributed by atoms with E-state index in [4.69, 9.17) is 0 Å². The smallest absolute Gasteiger partial charge is 0.157 e. The van der Waals surface area contributed by atoms with Crippen LogP contribution in [0, 0.1) is 5.92 Å². The molecule has 0 saturated heterocycles. The van der Waals surface area contributed by atoms with Crippen molar-refractivity contribution in [2.45, 2.75) is 65.0 Å². The molecule has 1 saturated carbocycles. The second-order valence-corrected chi connectivity index (χ2v) is 6.62. The molecule has 0 amide bonds. The maximum Gasteiger partial charge on any atom is 0.157 e. The highest BCUT2D eigenvalue weighted by molar-refractivity contribution is 8.14. The molecule has 21 heavy (non-hydrogen) atoms. The van der Waals surface area contributed by atoms with Gasteiger partial charge in [-0.15, -0.1) is 0 Å². The zero-order chi connectivity index (χ0) is 15.5. The summed E-state index contributed by atoms with van der Waals surface area (Å²) in [4.78, 5) is 4.65. The molecule has 2 rings (SSSR count). The van der Waals surface area contributed by atoms with Crippen molar-refractivity contribution in [1.29, 1.82) is 0 Å². The highest BCUT2D eigenvalue weighted by Crippen LogP contribution is 2.28. The van der Waals surface area contributed by atoms with Gasteiger partial charge in [-0.2, -0.15) is 0 Å². The van der Waals surface area contributed by atoms with E-state index >= 15 is 0 Å². The topological polar surface area (TPSA) is 24.4 Å². The lowest BCUT2D eigenvalue weighted by Gasteiger charge is -2.22. The third-order valence-corrected chi connectivity index (χ3v) is 5.19. The molecule has 2 aliphatic rings. The molecule has 2 nitrogen and oxygen atoms in total. The molecule has 120 valence electrons. The van der Waals surface area contributed by atoms with Crippen LogP contribution in [-0.2, 0) is 0 Å². The second-order valence-electron chi connectivity index (χ2n) is 5.43. The largest absolute Gasteiger partial charge is 0.365 e. The van der Waals surface area contributed by atoms with Gasteiger partial charge in [-0.1, -0.05) is 63.1 Å².